The minimum absolute atomic E-state index is 0.00905. The van der Waals surface area contributed by atoms with Gasteiger partial charge >= 0.3 is 0 Å². The van der Waals surface area contributed by atoms with E-state index < -0.39 is 10.7 Å². The van der Waals surface area contributed by atoms with Crippen molar-refractivity contribution in [2.45, 2.75) is 19.9 Å². The number of halogens is 2. The summed E-state index contributed by atoms with van der Waals surface area (Å²) >= 11 is 5.71. The van der Waals surface area contributed by atoms with Crippen LogP contribution in [0.5, 0.6) is 0 Å². The lowest BCUT2D eigenvalue weighted by Gasteiger charge is -2.26. The molecule has 0 aliphatic carbocycles. The molecule has 1 atom stereocenters. The van der Waals surface area contributed by atoms with E-state index in [0.717, 1.165) is 6.07 Å². The van der Waals surface area contributed by atoms with E-state index in [4.69, 9.17) is 11.6 Å². The van der Waals surface area contributed by atoms with E-state index in [0.29, 0.717) is 6.54 Å². The normalized spacial score (nSPS) is 12.8. The van der Waals surface area contributed by atoms with Crippen molar-refractivity contribution in [3.05, 3.63) is 33.1 Å². The number of benzene rings is 1. The fraction of sp³-hybridized carbons (Fsp3) is 0.538. The standard InChI is InChI=1S/C13H19ClFN3O2/c1-8(2)12(7-17(3)4)16-11-5-9(14)10(15)6-13(11)18(19)20/h5-6,8,12,16H,7H2,1-4H3. The van der Waals surface area contributed by atoms with Gasteiger partial charge in [0.15, 0.2) is 0 Å². The van der Waals surface area contributed by atoms with Crippen molar-refractivity contribution in [3.63, 3.8) is 0 Å². The molecule has 1 rings (SSSR count). The van der Waals surface area contributed by atoms with E-state index in [2.05, 4.69) is 5.32 Å². The summed E-state index contributed by atoms with van der Waals surface area (Å²) in [5, 5.41) is 14.0. The molecule has 0 radical (unpaired) electrons. The third kappa shape index (κ3) is 4.31. The van der Waals surface area contributed by atoms with E-state index in [1.165, 1.54) is 6.07 Å². The summed E-state index contributed by atoms with van der Waals surface area (Å²) in [6.45, 7) is 4.72. The average molecular weight is 304 g/mol. The van der Waals surface area contributed by atoms with Crippen LogP contribution in [0.15, 0.2) is 12.1 Å². The van der Waals surface area contributed by atoms with Crippen molar-refractivity contribution >= 4 is 23.0 Å². The maximum atomic E-state index is 13.4. The second kappa shape index (κ2) is 6.85. The van der Waals surface area contributed by atoms with Crippen molar-refractivity contribution in [1.29, 1.82) is 0 Å². The first-order valence-corrected chi connectivity index (χ1v) is 6.64. The molecule has 1 aromatic carbocycles. The van der Waals surface area contributed by atoms with Gasteiger partial charge in [0.05, 0.1) is 16.0 Å². The number of hydrogen-bond donors (Lipinski definition) is 1. The van der Waals surface area contributed by atoms with Crippen molar-refractivity contribution in [2.24, 2.45) is 5.92 Å². The molecule has 0 aliphatic heterocycles. The molecule has 0 fully saturated rings. The molecular formula is C13H19ClFN3O2. The number of nitrogens with one attached hydrogen (secondary N) is 1. The van der Waals surface area contributed by atoms with Crippen LogP contribution in [0.3, 0.4) is 0 Å². The number of hydrogen-bond acceptors (Lipinski definition) is 4. The van der Waals surface area contributed by atoms with E-state index in [9.17, 15) is 14.5 Å². The highest BCUT2D eigenvalue weighted by atomic mass is 35.5. The summed E-state index contributed by atoms with van der Waals surface area (Å²) in [5.41, 5.74) is -0.0711. The van der Waals surface area contributed by atoms with Crippen molar-refractivity contribution < 1.29 is 9.31 Å². The Morgan fingerprint density at radius 3 is 2.50 bits per heavy atom. The molecule has 1 N–H and O–H groups in total. The fourth-order valence-corrected chi connectivity index (χ4v) is 1.98. The first-order valence-electron chi connectivity index (χ1n) is 6.27. The maximum Gasteiger partial charge on any atom is 0.295 e. The summed E-state index contributed by atoms with van der Waals surface area (Å²) in [6.07, 6.45) is 0. The van der Waals surface area contributed by atoms with E-state index in [-0.39, 0.29) is 28.4 Å². The summed E-state index contributed by atoms with van der Waals surface area (Å²) in [5.74, 6) is -0.543. The lowest BCUT2D eigenvalue weighted by molar-refractivity contribution is -0.384. The number of rotatable bonds is 6. The van der Waals surface area contributed by atoms with Gasteiger partial charge in [-0.25, -0.2) is 4.39 Å². The Morgan fingerprint density at radius 2 is 2.05 bits per heavy atom. The lowest BCUT2D eigenvalue weighted by atomic mass is 10.0. The minimum Gasteiger partial charge on any atom is -0.375 e. The largest absolute Gasteiger partial charge is 0.375 e. The highest BCUT2D eigenvalue weighted by Gasteiger charge is 2.22. The molecule has 1 unspecified atom stereocenters. The molecule has 5 nitrogen and oxygen atoms in total. The Bertz CT molecular complexity index is 495. The van der Waals surface area contributed by atoms with Crippen molar-refractivity contribution in [2.75, 3.05) is 26.0 Å². The van der Waals surface area contributed by atoms with Crippen LogP contribution < -0.4 is 5.32 Å². The minimum atomic E-state index is -0.794. The summed E-state index contributed by atoms with van der Waals surface area (Å²) in [7, 11) is 3.84. The highest BCUT2D eigenvalue weighted by molar-refractivity contribution is 6.31. The molecule has 0 heterocycles. The summed E-state index contributed by atoms with van der Waals surface area (Å²) < 4.78 is 13.4. The number of anilines is 1. The Kier molecular flexibility index (Phi) is 5.71. The van der Waals surface area contributed by atoms with Gasteiger partial charge in [0.2, 0.25) is 0 Å². The van der Waals surface area contributed by atoms with Gasteiger partial charge in [-0.3, -0.25) is 10.1 Å². The van der Waals surface area contributed by atoms with Crippen LogP contribution in [0.4, 0.5) is 15.8 Å². The Balaban J connectivity index is 3.11. The second-order valence-electron chi connectivity index (χ2n) is 5.30. The number of likely N-dealkylation sites (N-methyl/N-ethyl adjacent to an activating group) is 1. The van der Waals surface area contributed by atoms with Crippen LogP contribution >= 0.6 is 11.6 Å². The molecule has 0 aliphatic rings. The van der Waals surface area contributed by atoms with Gasteiger partial charge in [-0.2, -0.15) is 0 Å². The molecule has 0 aromatic heterocycles. The zero-order chi connectivity index (χ0) is 15.4. The first-order chi connectivity index (χ1) is 9.22. The Morgan fingerprint density at radius 1 is 1.45 bits per heavy atom. The molecule has 0 amide bonds. The zero-order valence-corrected chi connectivity index (χ0v) is 12.7. The van der Waals surface area contributed by atoms with Crippen molar-refractivity contribution in [3.8, 4) is 0 Å². The lowest BCUT2D eigenvalue weighted by Crippen LogP contribution is -2.36. The molecular weight excluding hydrogens is 285 g/mol. The monoisotopic (exact) mass is 303 g/mol. The van der Waals surface area contributed by atoms with E-state index in [1.54, 1.807) is 0 Å². The van der Waals surface area contributed by atoms with Gasteiger partial charge in [-0.05, 0) is 26.1 Å². The van der Waals surface area contributed by atoms with E-state index >= 15 is 0 Å². The molecule has 20 heavy (non-hydrogen) atoms. The van der Waals surface area contributed by atoms with Crippen molar-refractivity contribution in [1.82, 2.24) is 4.90 Å². The number of nitro benzene ring substituents is 1. The third-order valence-corrected chi connectivity index (χ3v) is 3.23. The predicted molar refractivity (Wildman–Crippen MR) is 78.9 cm³/mol. The summed E-state index contributed by atoms with van der Waals surface area (Å²) in [4.78, 5) is 12.4. The second-order valence-corrected chi connectivity index (χ2v) is 5.70. The third-order valence-electron chi connectivity index (χ3n) is 2.94. The number of nitrogens with zero attached hydrogens (tertiary/aromatic N) is 2. The molecule has 7 heteroatoms. The summed E-state index contributed by atoms with van der Waals surface area (Å²) in [6, 6.07) is 2.10. The Hall–Kier alpha value is -1.40. The SMILES string of the molecule is CC(C)C(CN(C)C)Nc1cc(Cl)c(F)cc1[N+](=O)[O-]. The van der Waals surface area contributed by atoms with Crippen LogP contribution in [-0.4, -0.2) is 36.5 Å². The molecule has 0 saturated carbocycles. The fourth-order valence-electron chi connectivity index (χ4n) is 1.82. The highest BCUT2D eigenvalue weighted by Crippen LogP contribution is 2.31. The van der Waals surface area contributed by atoms with Crippen LogP contribution in [0.1, 0.15) is 13.8 Å². The topological polar surface area (TPSA) is 58.4 Å². The first kappa shape index (κ1) is 16.7. The van der Waals surface area contributed by atoms with Crippen LogP contribution in [-0.2, 0) is 0 Å². The van der Waals surface area contributed by atoms with Gasteiger partial charge in [0.1, 0.15) is 11.5 Å². The molecule has 112 valence electrons. The van der Waals surface area contributed by atoms with Crippen LogP contribution in [0.25, 0.3) is 0 Å². The average Bonchev–Trinajstić information content (AvgIpc) is 2.31. The molecule has 1 aromatic rings. The Labute approximate surface area is 122 Å². The van der Waals surface area contributed by atoms with Gasteiger partial charge < -0.3 is 10.2 Å². The zero-order valence-electron chi connectivity index (χ0n) is 12.0. The van der Waals surface area contributed by atoms with Gasteiger partial charge in [0.25, 0.3) is 5.69 Å². The van der Waals surface area contributed by atoms with Crippen LogP contribution in [0, 0.1) is 21.8 Å². The molecule has 0 saturated heterocycles. The predicted octanol–water partition coefficient (Wildman–Crippen LogP) is 3.39. The molecule has 0 bridgehead atoms. The quantitative estimate of drug-likeness (QED) is 0.646. The smallest absolute Gasteiger partial charge is 0.295 e. The van der Waals surface area contributed by atoms with Crippen LogP contribution in [0.2, 0.25) is 5.02 Å². The van der Waals surface area contributed by atoms with Gasteiger partial charge in [-0.1, -0.05) is 25.4 Å². The number of nitro groups is 1. The molecule has 0 spiro atoms. The maximum absolute atomic E-state index is 13.4. The van der Waals surface area contributed by atoms with Gasteiger partial charge in [-0.15, -0.1) is 0 Å². The van der Waals surface area contributed by atoms with E-state index in [1.807, 2.05) is 32.8 Å². The van der Waals surface area contributed by atoms with Gasteiger partial charge in [0, 0.05) is 12.6 Å².